The van der Waals surface area contributed by atoms with Gasteiger partial charge in [0.15, 0.2) is 0 Å². The van der Waals surface area contributed by atoms with E-state index >= 15 is 0 Å². The Bertz CT molecular complexity index is 271. The quantitative estimate of drug-likeness (QED) is 0.473. The maximum absolute atomic E-state index is 12.8. The summed E-state index contributed by atoms with van der Waals surface area (Å²) in [5, 5.41) is -0.941. The highest BCUT2D eigenvalue weighted by atomic mass is 79.9. The van der Waals surface area contributed by atoms with Crippen LogP contribution in [0, 0.1) is 0 Å². The lowest BCUT2D eigenvalue weighted by molar-refractivity contribution is -0.394. The van der Waals surface area contributed by atoms with E-state index in [-0.39, 0.29) is 0 Å². The zero-order valence-corrected chi connectivity index (χ0v) is 10.6. The second-order valence-electron chi connectivity index (χ2n) is 2.89. The fourth-order valence-electron chi connectivity index (χ4n) is 0.681. The second-order valence-corrected chi connectivity index (χ2v) is 4.64. The predicted octanol–water partition coefficient (Wildman–Crippen LogP) is 4.61. The molecule has 11 heteroatoms. The molecule has 0 N–H and O–H groups in total. The second kappa shape index (κ2) is 4.78. The van der Waals surface area contributed by atoms with Gasteiger partial charge < -0.3 is 0 Å². The highest BCUT2D eigenvalue weighted by Gasteiger charge is 2.82. The van der Waals surface area contributed by atoms with Crippen LogP contribution in [0.2, 0.25) is 0 Å². The van der Waals surface area contributed by atoms with Crippen molar-refractivity contribution in [3.8, 4) is 0 Å². The van der Waals surface area contributed by atoms with E-state index in [4.69, 9.17) is 0 Å². The van der Waals surface area contributed by atoms with Crippen molar-refractivity contribution in [2.75, 3.05) is 5.33 Å². The van der Waals surface area contributed by atoms with E-state index in [1.165, 1.54) is 0 Å². The third kappa shape index (κ3) is 2.69. The van der Waals surface area contributed by atoms with Crippen LogP contribution in [0.25, 0.3) is 0 Å². The van der Waals surface area contributed by atoms with Crippen molar-refractivity contribution in [3.63, 3.8) is 0 Å². The largest absolute Gasteiger partial charge is 0.460 e. The summed E-state index contributed by atoms with van der Waals surface area (Å²) >= 11 is 4.19. The molecule has 104 valence electrons. The van der Waals surface area contributed by atoms with E-state index in [0.29, 0.717) is 0 Å². The van der Waals surface area contributed by atoms with E-state index < -0.39 is 34.1 Å². The lowest BCUT2D eigenvalue weighted by atomic mass is 10.0. The molecule has 0 heterocycles. The van der Waals surface area contributed by atoms with Crippen LogP contribution in [0.4, 0.5) is 39.5 Å². The minimum Gasteiger partial charge on any atom is -0.198 e. The van der Waals surface area contributed by atoms with Crippen molar-refractivity contribution in [3.05, 3.63) is 0 Å². The molecule has 0 aliphatic rings. The van der Waals surface area contributed by atoms with Crippen LogP contribution in [-0.2, 0) is 0 Å². The Morgan fingerprint density at radius 2 is 1.12 bits per heavy atom. The van der Waals surface area contributed by atoms with Crippen LogP contribution in [0.15, 0.2) is 0 Å². The minimum atomic E-state index is -6.84. The molecule has 0 amide bonds. The molecule has 0 spiro atoms. The molecular formula is C6H3Br2F9. The molecule has 0 aliphatic heterocycles. The van der Waals surface area contributed by atoms with Gasteiger partial charge in [-0.25, -0.2) is 0 Å². The van der Waals surface area contributed by atoms with E-state index in [2.05, 4.69) is 15.9 Å². The Hall–Kier alpha value is 0.330. The van der Waals surface area contributed by atoms with Gasteiger partial charge in [0, 0.05) is 5.33 Å². The highest BCUT2D eigenvalue weighted by molar-refractivity contribution is 9.12. The normalized spacial score (nSPS) is 17.1. The number of rotatable bonds is 4. The summed E-state index contributed by atoms with van der Waals surface area (Å²) in [5.41, 5.74) is 0. The van der Waals surface area contributed by atoms with Gasteiger partial charge in [-0.1, -0.05) is 31.9 Å². The Morgan fingerprint density at radius 3 is 1.35 bits per heavy atom. The van der Waals surface area contributed by atoms with Crippen LogP contribution in [0.5, 0.6) is 0 Å². The van der Waals surface area contributed by atoms with E-state index in [0.717, 1.165) is 0 Å². The first-order valence-electron chi connectivity index (χ1n) is 3.63. The SMILES string of the molecule is FC(F)(F)C(F)(F)C(F)(F)C(F)(F)C(Br)CBr. The van der Waals surface area contributed by atoms with Gasteiger partial charge in [-0.15, -0.1) is 0 Å². The average Bonchev–Trinajstić information content (AvgIpc) is 2.13. The van der Waals surface area contributed by atoms with E-state index in [9.17, 15) is 39.5 Å². The number of alkyl halides is 11. The van der Waals surface area contributed by atoms with Crippen LogP contribution in [0.3, 0.4) is 0 Å². The maximum atomic E-state index is 12.8. The Morgan fingerprint density at radius 1 is 0.765 bits per heavy atom. The van der Waals surface area contributed by atoms with Crippen molar-refractivity contribution in [1.29, 1.82) is 0 Å². The molecule has 0 aromatic carbocycles. The lowest BCUT2D eigenvalue weighted by Gasteiger charge is -2.35. The van der Waals surface area contributed by atoms with Gasteiger partial charge in [0.2, 0.25) is 0 Å². The van der Waals surface area contributed by atoms with Crippen molar-refractivity contribution in [2.45, 2.75) is 28.8 Å². The van der Waals surface area contributed by atoms with Gasteiger partial charge in [-0.3, -0.25) is 0 Å². The smallest absolute Gasteiger partial charge is 0.198 e. The van der Waals surface area contributed by atoms with Crippen LogP contribution in [-0.4, -0.2) is 34.1 Å². The summed E-state index contributed by atoms with van der Waals surface area (Å²) in [7, 11) is 0. The zero-order valence-electron chi connectivity index (χ0n) is 7.44. The Balaban J connectivity index is 5.55. The van der Waals surface area contributed by atoms with Gasteiger partial charge >= 0.3 is 23.9 Å². The maximum Gasteiger partial charge on any atom is 0.460 e. The third-order valence-corrected chi connectivity index (χ3v) is 4.11. The summed E-state index contributed by atoms with van der Waals surface area (Å²) in [6.45, 7) is 0. The molecule has 0 aromatic rings. The van der Waals surface area contributed by atoms with Crippen molar-refractivity contribution < 1.29 is 39.5 Å². The summed E-state index contributed by atoms with van der Waals surface area (Å²) < 4.78 is 110. The van der Waals surface area contributed by atoms with Crippen LogP contribution < -0.4 is 0 Å². The molecule has 0 fully saturated rings. The van der Waals surface area contributed by atoms with Crippen LogP contribution in [0.1, 0.15) is 0 Å². The first-order chi connectivity index (χ1) is 7.23. The third-order valence-electron chi connectivity index (χ3n) is 1.70. The van der Waals surface area contributed by atoms with Gasteiger partial charge in [0.1, 0.15) is 0 Å². The molecule has 0 saturated heterocycles. The molecule has 1 unspecified atom stereocenters. The van der Waals surface area contributed by atoms with Gasteiger partial charge in [0.05, 0.1) is 4.83 Å². The average molecular weight is 406 g/mol. The summed E-state index contributed by atoms with van der Waals surface area (Å²) in [6.07, 6.45) is -6.78. The summed E-state index contributed by atoms with van der Waals surface area (Å²) in [5.74, 6) is -19.0. The van der Waals surface area contributed by atoms with Crippen molar-refractivity contribution in [1.82, 2.24) is 0 Å². The molecule has 1 atom stereocenters. The minimum absolute atomic E-state index is 0.941. The number of hydrogen-bond donors (Lipinski definition) is 0. The molecule has 17 heavy (non-hydrogen) atoms. The molecule has 0 nitrogen and oxygen atoms in total. The van der Waals surface area contributed by atoms with Crippen molar-refractivity contribution in [2.24, 2.45) is 0 Å². The summed E-state index contributed by atoms with van der Waals surface area (Å²) in [6, 6.07) is 0. The molecular weight excluding hydrogens is 403 g/mol. The Kier molecular flexibility index (Phi) is 4.87. The fraction of sp³-hybridized carbons (Fsp3) is 1.00. The molecule has 0 bridgehead atoms. The monoisotopic (exact) mass is 404 g/mol. The van der Waals surface area contributed by atoms with Gasteiger partial charge in [0.25, 0.3) is 0 Å². The highest BCUT2D eigenvalue weighted by Crippen LogP contribution is 2.55. The van der Waals surface area contributed by atoms with Crippen LogP contribution >= 0.6 is 31.9 Å². The lowest BCUT2D eigenvalue weighted by Crippen LogP contribution is -2.63. The van der Waals surface area contributed by atoms with Gasteiger partial charge in [-0.05, 0) is 0 Å². The van der Waals surface area contributed by atoms with E-state index in [1.807, 2.05) is 15.9 Å². The zero-order chi connectivity index (χ0) is 14.3. The van der Waals surface area contributed by atoms with Gasteiger partial charge in [-0.2, -0.15) is 39.5 Å². The molecule has 0 rings (SSSR count). The number of halogens is 11. The first-order valence-corrected chi connectivity index (χ1v) is 5.67. The Labute approximate surface area is 106 Å². The van der Waals surface area contributed by atoms with E-state index in [1.54, 1.807) is 0 Å². The van der Waals surface area contributed by atoms with Crippen molar-refractivity contribution >= 4 is 31.9 Å². The molecule has 0 radical (unpaired) electrons. The molecule has 0 aromatic heterocycles. The molecule has 0 aliphatic carbocycles. The topological polar surface area (TPSA) is 0 Å². The first kappa shape index (κ1) is 17.3. The predicted molar refractivity (Wildman–Crippen MR) is 47.4 cm³/mol. The fourth-order valence-corrected chi connectivity index (χ4v) is 1.38. The number of hydrogen-bond acceptors (Lipinski definition) is 0. The standard InChI is InChI=1S/C6H3Br2F9/c7-1-2(8)3(9,10)4(11,12)5(13,14)6(15,16)17/h2H,1H2. The molecule has 0 saturated carbocycles. The summed E-state index contributed by atoms with van der Waals surface area (Å²) in [4.78, 5) is -2.58.